The second kappa shape index (κ2) is 7.76. The highest BCUT2D eigenvalue weighted by molar-refractivity contribution is 5.95. The zero-order valence-corrected chi connectivity index (χ0v) is 16.9. The summed E-state index contributed by atoms with van der Waals surface area (Å²) in [5.41, 5.74) is 3.67. The van der Waals surface area contributed by atoms with E-state index in [0.717, 1.165) is 48.6 Å². The summed E-state index contributed by atoms with van der Waals surface area (Å²) in [6.07, 6.45) is 1.15. The number of rotatable bonds is 5. The van der Waals surface area contributed by atoms with Gasteiger partial charge in [0.1, 0.15) is 5.82 Å². The number of benzene rings is 2. The highest BCUT2D eigenvalue weighted by atomic mass is 16.1. The van der Waals surface area contributed by atoms with E-state index in [1.165, 1.54) is 0 Å². The van der Waals surface area contributed by atoms with Crippen LogP contribution in [0.2, 0.25) is 0 Å². The van der Waals surface area contributed by atoms with Crippen molar-refractivity contribution in [2.24, 2.45) is 5.92 Å². The number of aromatic nitrogens is 2. The van der Waals surface area contributed by atoms with E-state index < -0.39 is 0 Å². The minimum Gasteiger partial charge on any atom is -0.352 e. The predicted molar refractivity (Wildman–Crippen MR) is 113 cm³/mol. The molecule has 3 aromatic rings. The minimum atomic E-state index is -0.00748. The standard InChI is InChI=1S/C23H28N4O/c1-16(2)26-12-11-18(15-26)14-24-23(28)19-7-6-8-20(13-19)27-17(3)25-21-9-4-5-10-22(21)27/h4-10,13,16,18H,11-12,14-15H2,1-3H3,(H,24,28). The SMILES string of the molecule is Cc1nc2ccccc2n1-c1cccc(C(=O)NCC2CCN(C(C)C)C2)c1. The van der Waals surface area contributed by atoms with Crippen LogP contribution in [0.4, 0.5) is 0 Å². The fourth-order valence-electron chi connectivity index (χ4n) is 4.10. The van der Waals surface area contributed by atoms with Crippen molar-refractivity contribution in [1.29, 1.82) is 0 Å². The summed E-state index contributed by atoms with van der Waals surface area (Å²) in [7, 11) is 0. The van der Waals surface area contributed by atoms with Crippen LogP contribution in [0, 0.1) is 12.8 Å². The molecule has 1 fully saturated rings. The van der Waals surface area contributed by atoms with Crippen LogP contribution in [0.1, 0.15) is 36.5 Å². The van der Waals surface area contributed by atoms with Gasteiger partial charge in [-0.05, 0) is 70.0 Å². The predicted octanol–water partition coefficient (Wildman–Crippen LogP) is 3.79. The Hall–Kier alpha value is -2.66. The average Bonchev–Trinajstić information content (AvgIpc) is 3.30. The molecule has 0 radical (unpaired) electrons. The lowest BCUT2D eigenvalue weighted by Crippen LogP contribution is -2.33. The molecule has 1 N–H and O–H groups in total. The van der Waals surface area contributed by atoms with Gasteiger partial charge in [0.2, 0.25) is 0 Å². The number of carbonyl (C=O) groups excluding carboxylic acids is 1. The van der Waals surface area contributed by atoms with Gasteiger partial charge in [-0.3, -0.25) is 9.36 Å². The first kappa shape index (κ1) is 18.7. The molecule has 0 aliphatic carbocycles. The third-order valence-corrected chi connectivity index (χ3v) is 5.69. The lowest BCUT2D eigenvalue weighted by molar-refractivity contribution is 0.0947. The van der Waals surface area contributed by atoms with Crippen molar-refractivity contribution in [1.82, 2.24) is 19.8 Å². The molecule has 1 saturated heterocycles. The first-order valence-corrected chi connectivity index (χ1v) is 10.1. The molecule has 5 heteroatoms. The Balaban J connectivity index is 1.49. The quantitative estimate of drug-likeness (QED) is 0.737. The van der Waals surface area contributed by atoms with Gasteiger partial charge in [0.15, 0.2) is 0 Å². The van der Waals surface area contributed by atoms with Crippen LogP contribution in [-0.2, 0) is 0 Å². The van der Waals surface area contributed by atoms with E-state index >= 15 is 0 Å². The van der Waals surface area contributed by atoms with Crippen molar-refractivity contribution in [2.75, 3.05) is 19.6 Å². The fraction of sp³-hybridized carbons (Fsp3) is 0.391. The van der Waals surface area contributed by atoms with Gasteiger partial charge in [-0.15, -0.1) is 0 Å². The number of aryl methyl sites for hydroxylation is 1. The monoisotopic (exact) mass is 376 g/mol. The Kier molecular flexibility index (Phi) is 5.18. The van der Waals surface area contributed by atoms with Crippen molar-refractivity contribution < 1.29 is 4.79 Å². The number of hydrogen-bond donors (Lipinski definition) is 1. The third kappa shape index (κ3) is 3.67. The average molecular weight is 377 g/mol. The van der Waals surface area contributed by atoms with Gasteiger partial charge in [0.05, 0.1) is 11.0 Å². The van der Waals surface area contributed by atoms with E-state index in [9.17, 15) is 4.79 Å². The van der Waals surface area contributed by atoms with E-state index in [1.807, 2.05) is 49.4 Å². The van der Waals surface area contributed by atoms with Crippen LogP contribution in [0.3, 0.4) is 0 Å². The number of likely N-dealkylation sites (tertiary alicyclic amines) is 1. The molecule has 0 spiro atoms. The maximum Gasteiger partial charge on any atom is 0.251 e. The van der Waals surface area contributed by atoms with E-state index in [2.05, 4.69) is 39.7 Å². The molecule has 0 bridgehead atoms. The number of amides is 1. The summed E-state index contributed by atoms with van der Waals surface area (Å²) < 4.78 is 2.10. The largest absolute Gasteiger partial charge is 0.352 e. The van der Waals surface area contributed by atoms with Gasteiger partial charge in [-0.1, -0.05) is 18.2 Å². The number of nitrogens with one attached hydrogen (secondary N) is 1. The molecule has 2 aromatic carbocycles. The molecule has 1 atom stereocenters. The molecule has 28 heavy (non-hydrogen) atoms. The van der Waals surface area contributed by atoms with Crippen LogP contribution in [0.15, 0.2) is 48.5 Å². The van der Waals surface area contributed by atoms with Crippen molar-refractivity contribution in [2.45, 2.75) is 33.2 Å². The summed E-state index contributed by atoms with van der Waals surface area (Å²) in [5.74, 6) is 1.44. The van der Waals surface area contributed by atoms with Crippen LogP contribution < -0.4 is 5.32 Å². The smallest absolute Gasteiger partial charge is 0.251 e. The first-order valence-electron chi connectivity index (χ1n) is 10.1. The number of nitrogens with zero attached hydrogens (tertiary/aromatic N) is 3. The summed E-state index contributed by atoms with van der Waals surface area (Å²) in [6.45, 7) is 9.38. The van der Waals surface area contributed by atoms with Gasteiger partial charge in [-0.25, -0.2) is 4.98 Å². The molecule has 1 amide bonds. The number of fused-ring (bicyclic) bond motifs is 1. The van der Waals surface area contributed by atoms with Crippen molar-refractivity contribution >= 4 is 16.9 Å². The number of carbonyl (C=O) groups is 1. The van der Waals surface area contributed by atoms with Gasteiger partial charge >= 0.3 is 0 Å². The Labute approximate surface area is 166 Å². The highest BCUT2D eigenvalue weighted by Gasteiger charge is 2.24. The van der Waals surface area contributed by atoms with Crippen molar-refractivity contribution in [3.63, 3.8) is 0 Å². The molecule has 4 rings (SSSR count). The summed E-state index contributed by atoms with van der Waals surface area (Å²) in [5, 5.41) is 3.13. The van der Waals surface area contributed by atoms with Gasteiger partial charge in [0.25, 0.3) is 5.91 Å². The highest BCUT2D eigenvalue weighted by Crippen LogP contribution is 2.22. The zero-order chi connectivity index (χ0) is 19.7. The molecule has 0 saturated carbocycles. The summed E-state index contributed by atoms with van der Waals surface area (Å²) >= 11 is 0. The Bertz CT molecular complexity index is 991. The van der Waals surface area contributed by atoms with Gasteiger partial charge in [-0.2, -0.15) is 0 Å². The van der Waals surface area contributed by atoms with Crippen LogP contribution >= 0.6 is 0 Å². The Morgan fingerprint density at radius 2 is 2.04 bits per heavy atom. The molecule has 1 unspecified atom stereocenters. The van der Waals surface area contributed by atoms with E-state index in [0.29, 0.717) is 17.5 Å². The third-order valence-electron chi connectivity index (χ3n) is 5.69. The second-order valence-electron chi connectivity index (χ2n) is 7.99. The maximum atomic E-state index is 12.7. The Morgan fingerprint density at radius 1 is 1.21 bits per heavy atom. The van der Waals surface area contributed by atoms with E-state index in [-0.39, 0.29) is 5.91 Å². The van der Waals surface area contributed by atoms with Crippen LogP contribution in [0.5, 0.6) is 0 Å². The van der Waals surface area contributed by atoms with Crippen molar-refractivity contribution in [3.8, 4) is 5.69 Å². The van der Waals surface area contributed by atoms with Crippen LogP contribution in [0.25, 0.3) is 16.7 Å². The summed E-state index contributed by atoms with van der Waals surface area (Å²) in [6, 6.07) is 16.4. The molecule has 1 aromatic heterocycles. The molecule has 2 heterocycles. The molecular weight excluding hydrogens is 348 g/mol. The lowest BCUT2D eigenvalue weighted by Gasteiger charge is -2.20. The van der Waals surface area contributed by atoms with Gasteiger partial charge < -0.3 is 10.2 Å². The normalized spacial score (nSPS) is 17.5. The molecule has 1 aliphatic heterocycles. The molecule has 5 nitrogen and oxygen atoms in total. The van der Waals surface area contributed by atoms with Crippen molar-refractivity contribution in [3.05, 3.63) is 59.9 Å². The Morgan fingerprint density at radius 3 is 2.82 bits per heavy atom. The maximum absolute atomic E-state index is 12.7. The van der Waals surface area contributed by atoms with E-state index in [1.54, 1.807) is 0 Å². The molecule has 146 valence electrons. The minimum absolute atomic E-state index is 0.00748. The lowest BCUT2D eigenvalue weighted by atomic mass is 10.1. The number of imidazole rings is 1. The number of para-hydroxylation sites is 2. The first-order chi connectivity index (χ1) is 13.5. The fourth-order valence-corrected chi connectivity index (χ4v) is 4.10. The molecular formula is C23H28N4O. The molecule has 1 aliphatic rings. The topological polar surface area (TPSA) is 50.2 Å². The van der Waals surface area contributed by atoms with E-state index in [4.69, 9.17) is 0 Å². The summed E-state index contributed by atoms with van der Waals surface area (Å²) in [4.78, 5) is 19.8. The zero-order valence-electron chi connectivity index (χ0n) is 16.9. The number of hydrogen-bond acceptors (Lipinski definition) is 3. The second-order valence-corrected chi connectivity index (χ2v) is 7.99. The van der Waals surface area contributed by atoms with Crippen LogP contribution in [-0.4, -0.2) is 46.0 Å². The van der Waals surface area contributed by atoms with Gasteiger partial charge in [0, 0.05) is 30.4 Å².